The molecule has 1 unspecified atom stereocenters. The topological polar surface area (TPSA) is 55.8 Å². The van der Waals surface area contributed by atoms with Gasteiger partial charge in [-0.3, -0.25) is 4.79 Å². The molecular formula is C17H18O4. The fourth-order valence-electron chi connectivity index (χ4n) is 2.33. The van der Waals surface area contributed by atoms with E-state index in [4.69, 9.17) is 9.47 Å². The van der Waals surface area contributed by atoms with Crippen LogP contribution >= 0.6 is 0 Å². The van der Waals surface area contributed by atoms with Gasteiger partial charge in [0.25, 0.3) is 0 Å². The van der Waals surface area contributed by atoms with Crippen LogP contribution in [0.2, 0.25) is 0 Å². The minimum atomic E-state index is -1.14. The Bertz CT molecular complexity index is 610. The zero-order valence-electron chi connectivity index (χ0n) is 12.1. The Kier molecular flexibility index (Phi) is 4.17. The Morgan fingerprint density at radius 2 is 1.90 bits per heavy atom. The maximum atomic E-state index is 11.8. The molecule has 0 spiro atoms. The molecule has 2 rings (SSSR count). The molecule has 0 radical (unpaired) electrons. The third-order valence-corrected chi connectivity index (χ3v) is 3.75. The van der Waals surface area contributed by atoms with Crippen LogP contribution in [0.4, 0.5) is 0 Å². The van der Waals surface area contributed by atoms with Gasteiger partial charge in [0, 0.05) is 0 Å². The van der Waals surface area contributed by atoms with E-state index in [0.29, 0.717) is 17.8 Å². The zero-order chi connectivity index (χ0) is 15.5. The molecule has 1 N–H and O–H groups in total. The standard InChI is InChI=1S/C17H18O4/c1-12(13-4-6-14(20-2)7-5-13)17(16(18)19)10-8-15(21-3)9-11-17/h4-10H,1,11H2,2-3H3,(H,18,19). The molecule has 1 aliphatic carbocycles. The molecule has 4 nitrogen and oxygen atoms in total. The smallest absolute Gasteiger partial charge is 0.318 e. The van der Waals surface area contributed by atoms with Crippen molar-refractivity contribution in [3.63, 3.8) is 0 Å². The number of carbonyl (C=O) groups is 1. The highest BCUT2D eigenvalue weighted by Gasteiger charge is 2.40. The van der Waals surface area contributed by atoms with E-state index >= 15 is 0 Å². The van der Waals surface area contributed by atoms with Crippen LogP contribution in [0.25, 0.3) is 5.57 Å². The van der Waals surface area contributed by atoms with Crippen molar-refractivity contribution in [1.82, 2.24) is 0 Å². The van der Waals surface area contributed by atoms with Gasteiger partial charge in [-0.1, -0.05) is 24.8 Å². The highest BCUT2D eigenvalue weighted by Crippen LogP contribution is 2.42. The van der Waals surface area contributed by atoms with Crippen molar-refractivity contribution < 1.29 is 19.4 Å². The Morgan fingerprint density at radius 3 is 2.33 bits per heavy atom. The summed E-state index contributed by atoms with van der Waals surface area (Å²) in [6.45, 7) is 4.01. The van der Waals surface area contributed by atoms with E-state index in [1.807, 2.05) is 12.1 Å². The first-order valence-electron chi connectivity index (χ1n) is 6.54. The third-order valence-electron chi connectivity index (χ3n) is 3.75. The lowest BCUT2D eigenvalue weighted by Gasteiger charge is -2.30. The van der Waals surface area contributed by atoms with Crippen molar-refractivity contribution in [2.45, 2.75) is 6.42 Å². The number of carboxylic acid groups (broad SMARTS) is 1. The molecule has 0 amide bonds. The molecule has 110 valence electrons. The van der Waals surface area contributed by atoms with E-state index in [9.17, 15) is 9.90 Å². The molecule has 0 aliphatic heterocycles. The van der Waals surface area contributed by atoms with Crippen LogP contribution in [0.1, 0.15) is 12.0 Å². The van der Waals surface area contributed by atoms with Gasteiger partial charge in [-0.2, -0.15) is 0 Å². The Morgan fingerprint density at radius 1 is 1.24 bits per heavy atom. The van der Waals surface area contributed by atoms with Crippen LogP contribution in [0, 0.1) is 5.41 Å². The monoisotopic (exact) mass is 286 g/mol. The summed E-state index contributed by atoms with van der Waals surface area (Å²) in [7, 11) is 3.14. The van der Waals surface area contributed by atoms with Crippen molar-refractivity contribution in [2.75, 3.05) is 14.2 Å². The number of hydrogen-bond acceptors (Lipinski definition) is 3. The molecule has 1 aromatic carbocycles. The van der Waals surface area contributed by atoms with Gasteiger partial charge in [-0.15, -0.1) is 0 Å². The number of rotatable bonds is 5. The summed E-state index contributed by atoms with van der Waals surface area (Å²) in [5.41, 5.74) is 0.175. The normalized spacial score (nSPS) is 20.6. The highest BCUT2D eigenvalue weighted by molar-refractivity contribution is 5.94. The molecule has 1 aromatic rings. The van der Waals surface area contributed by atoms with E-state index in [1.165, 1.54) is 0 Å². The van der Waals surface area contributed by atoms with Gasteiger partial charge < -0.3 is 14.6 Å². The van der Waals surface area contributed by atoms with E-state index in [-0.39, 0.29) is 0 Å². The van der Waals surface area contributed by atoms with Crippen molar-refractivity contribution >= 4 is 11.5 Å². The third kappa shape index (κ3) is 2.70. The van der Waals surface area contributed by atoms with Gasteiger partial charge >= 0.3 is 5.97 Å². The Labute approximate surface area is 124 Å². The SMILES string of the molecule is C=C(c1ccc(OC)cc1)C1(C(=O)O)C=CC(OC)=CC1. The van der Waals surface area contributed by atoms with Crippen molar-refractivity contribution in [2.24, 2.45) is 5.41 Å². The minimum absolute atomic E-state index is 0.312. The van der Waals surface area contributed by atoms with E-state index in [0.717, 1.165) is 11.3 Å². The highest BCUT2D eigenvalue weighted by atomic mass is 16.5. The van der Waals surface area contributed by atoms with Crippen LogP contribution in [0.15, 0.2) is 54.8 Å². The van der Waals surface area contributed by atoms with Gasteiger partial charge in [-0.25, -0.2) is 0 Å². The van der Waals surface area contributed by atoms with Gasteiger partial charge in [0.05, 0.1) is 14.2 Å². The van der Waals surface area contributed by atoms with Crippen LogP contribution in [0.3, 0.4) is 0 Å². The molecule has 0 bridgehead atoms. The minimum Gasteiger partial charge on any atom is -0.497 e. The number of methoxy groups -OCH3 is 2. The van der Waals surface area contributed by atoms with Gasteiger partial charge in [0.2, 0.25) is 0 Å². The quantitative estimate of drug-likeness (QED) is 0.902. The lowest BCUT2D eigenvalue weighted by Crippen LogP contribution is -2.31. The summed E-state index contributed by atoms with van der Waals surface area (Å²) in [5, 5.41) is 9.67. The summed E-state index contributed by atoms with van der Waals surface area (Å²) in [4.78, 5) is 11.8. The number of ether oxygens (including phenoxy) is 2. The summed E-state index contributed by atoms with van der Waals surface area (Å²) in [6, 6.07) is 7.21. The average Bonchev–Trinajstić information content (AvgIpc) is 2.54. The van der Waals surface area contributed by atoms with E-state index < -0.39 is 11.4 Å². The molecule has 0 saturated carbocycles. The largest absolute Gasteiger partial charge is 0.497 e. The first-order valence-corrected chi connectivity index (χ1v) is 6.54. The maximum absolute atomic E-state index is 11.8. The van der Waals surface area contributed by atoms with Gasteiger partial charge in [0.1, 0.15) is 16.9 Å². The molecular weight excluding hydrogens is 268 g/mol. The summed E-state index contributed by atoms with van der Waals surface area (Å²) < 4.78 is 10.2. The fourth-order valence-corrected chi connectivity index (χ4v) is 2.33. The first-order chi connectivity index (χ1) is 10.0. The average molecular weight is 286 g/mol. The number of hydrogen-bond donors (Lipinski definition) is 1. The van der Waals surface area contributed by atoms with Crippen LogP contribution in [-0.4, -0.2) is 25.3 Å². The number of aliphatic carboxylic acids is 1. The Balaban J connectivity index is 2.35. The zero-order valence-corrected chi connectivity index (χ0v) is 12.1. The molecule has 4 heteroatoms. The van der Waals surface area contributed by atoms with Crippen molar-refractivity contribution in [1.29, 1.82) is 0 Å². The number of allylic oxidation sites excluding steroid dienone is 2. The van der Waals surface area contributed by atoms with Crippen LogP contribution in [-0.2, 0) is 9.53 Å². The predicted octanol–water partition coefficient (Wildman–Crippen LogP) is 3.27. The fraction of sp³-hybridized carbons (Fsp3) is 0.235. The van der Waals surface area contributed by atoms with E-state index in [1.54, 1.807) is 44.6 Å². The molecule has 0 saturated heterocycles. The predicted molar refractivity (Wildman–Crippen MR) is 80.9 cm³/mol. The second-order valence-electron chi connectivity index (χ2n) is 4.83. The van der Waals surface area contributed by atoms with Gasteiger partial charge in [0.15, 0.2) is 0 Å². The lowest BCUT2D eigenvalue weighted by molar-refractivity contribution is -0.143. The molecule has 0 fully saturated rings. The van der Waals surface area contributed by atoms with Crippen LogP contribution in [0.5, 0.6) is 5.75 Å². The molecule has 0 aromatic heterocycles. The van der Waals surface area contributed by atoms with E-state index in [2.05, 4.69) is 6.58 Å². The van der Waals surface area contributed by atoms with Crippen LogP contribution < -0.4 is 4.74 Å². The summed E-state index contributed by atoms with van der Waals surface area (Å²) in [6.07, 6.45) is 5.39. The van der Waals surface area contributed by atoms with Crippen molar-refractivity contribution in [3.05, 3.63) is 60.4 Å². The Hall–Kier alpha value is -2.49. The second kappa shape index (κ2) is 5.87. The molecule has 1 atom stereocenters. The number of benzene rings is 1. The maximum Gasteiger partial charge on any atom is 0.318 e. The molecule has 21 heavy (non-hydrogen) atoms. The van der Waals surface area contributed by atoms with Crippen molar-refractivity contribution in [3.8, 4) is 5.75 Å². The lowest BCUT2D eigenvalue weighted by atomic mass is 9.73. The van der Waals surface area contributed by atoms with Gasteiger partial charge in [-0.05, 0) is 41.8 Å². The summed E-state index contributed by atoms with van der Waals surface area (Å²) in [5.74, 6) is 0.456. The first kappa shape index (κ1) is 14.9. The second-order valence-corrected chi connectivity index (χ2v) is 4.83. The molecule has 1 aliphatic rings. The number of carboxylic acids is 1. The summed E-state index contributed by atoms with van der Waals surface area (Å²) >= 11 is 0. The molecule has 0 heterocycles.